The van der Waals surface area contributed by atoms with Crippen molar-refractivity contribution in [2.75, 3.05) is 13.1 Å². The Morgan fingerprint density at radius 2 is 1.88 bits per heavy atom. The zero-order chi connectivity index (χ0) is 12.7. The van der Waals surface area contributed by atoms with Gasteiger partial charge in [0.05, 0.1) is 0 Å². The lowest BCUT2D eigenvalue weighted by Crippen LogP contribution is -2.32. The fourth-order valence-corrected chi connectivity index (χ4v) is 2.69. The van der Waals surface area contributed by atoms with Crippen LogP contribution in [0.15, 0.2) is 0 Å². The van der Waals surface area contributed by atoms with Crippen LogP contribution >= 0.6 is 0 Å². The molecule has 0 aromatic rings. The van der Waals surface area contributed by atoms with Gasteiger partial charge in [0.15, 0.2) is 0 Å². The van der Waals surface area contributed by atoms with Crippen LogP contribution in [-0.4, -0.2) is 29.9 Å². The Hall–Kier alpha value is -0.570. The van der Waals surface area contributed by atoms with Crippen LogP contribution in [0.5, 0.6) is 0 Å². The largest absolute Gasteiger partial charge is 0.343 e. The van der Waals surface area contributed by atoms with Crippen molar-refractivity contribution >= 4 is 5.91 Å². The lowest BCUT2D eigenvalue weighted by atomic mass is 9.84. The zero-order valence-electron chi connectivity index (χ0n) is 11.5. The molecule has 0 unspecified atom stereocenters. The van der Waals surface area contributed by atoms with E-state index in [0.717, 1.165) is 51.1 Å². The van der Waals surface area contributed by atoms with E-state index in [2.05, 4.69) is 13.8 Å². The van der Waals surface area contributed by atoms with Crippen molar-refractivity contribution in [3.05, 3.63) is 0 Å². The maximum absolute atomic E-state index is 12.0. The van der Waals surface area contributed by atoms with Gasteiger partial charge in [0.1, 0.15) is 0 Å². The SMILES string of the molecule is CCCN(CC)C(=O)CCC1CCC(N)CC1. The van der Waals surface area contributed by atoms with Crippen molar-refractivity contribution in [1.29, 1.82) is 0 Å². The second-order valence-electron chi connectivity index (χ2n) is 5.29. The summed E-state index contributed by atoms with van der Waals surface area (Å²) in [5, 5.41) is 0. The molecule has 0 heterocycles. The average molecular weight is 240 g/mol. The summed E-state index contributed by atoms with van der Waals surface area (Å²) < 4.78 is 0. The van der Waals surface area contributed by atoms with Crippen molar-refractivity contribution in [2.45, 2.75) is 64.8 Å². The first-order chi connectivity index (χ1) is 8.17. The Morgan fingerprint density at radius 1 is 1.24 bits per heavy atom. The maximum atomic E-state index is 12.0. The summed E-state index contributed by atoms with van der Waals surface area (Å²) in [5.41, 5.74) is 5.89. The Bertz CT molecular complexity index is 222. The molecule has 2 N–H and O–H groups in total. The standard InChI is InChI=1S/C14H28N2O/c1-3-11-16(4-2)14(17)10-7-12-5-8-13(15)9-6-12/h12-13H,3-11,15H2,1-2H3. The van der Waals surface area contributed by atoms with Crippen LogP contribution in [-0.2, 0) is 4.79 Å². The molecule has 1 saturated carbocycles. The molecule has 0 saturated heterocycles. The van der Waals surface area contributed by atoms with E-state index in [-0.39, 0.29) is 0 Å². The van der Waals surface area contributed by atoms with Gasteiger partial charge in [-0.05, 0) is 51.4 Å². The van der Waals surface area contributed by atoms with Gasteiger partial charge in [-0.25, -0.2) is 0 Å². The van der Waals surface area contributed by atoms with Crippen molar-refractivity contribution in [2.24, 2.45) is 11.7 Å². The first-order valence-electron chi connectivity index (χ1n) is 7.20. The molecule has 0 bridgehead atoms. The van der Waals surface area contributed by atoms with Crippen LogP contribution in [0.2, 0.25) is 0 Å². The summed E-state index contributed by atoms with van der Waals surface area (Å²) in [4.78, 5) is 14.0. The molecule has 1 amide bonds. The smallest absolute Gasteiger partial charge is 0.222 e. The molecule has 100 valence electrons. The predicted octanol–water partition coefficient (Wildman–Crippen LogP) is 2.54. The quantitative estimate of drug-likeness (QED) is 0.775. The van der Waals surface area contributed by atoms with E-state index in [9.17, 15) is 4.79 Å². The minimum absolute atomic E-state index is 0.337. The molecule has 0 atom stereocenters. The van der Waals surface area contributed by atoms with Gasteiger partial charge in [0.25, 0.3) is 0 Å². The number of rotatable bonds is 6. The normalized spacial score (nSPS) is 24.6. The fourth-order valence-electron chi connectivity index (χ4n) is 2.69. The number of amides is 1. The number of nitrogens with zero attached hydrogens (tertiary/aromatic N) is 1. The molecule has 0 radical (unpaired) electrons. The highest BCUT2D eigenvalue weighted by Crippen LogP contribution is 2.27. The second kappa shape index (κ2) is 7.70. The average Bonchev–Trinajstić information content (AvgIpc) is 2.35. The number of hydrogen-bond acceptors (Lipinski definition) is 2. The van der Waals surface area contributed by atoms with Crippen LogP contribution in [0.1, 0.15) is 58.8 Å². The van der Waals surface area contributed by atoms with Gasteiger partial charge in [-0.1, -0.05) is 6.92 Å². The summed E-state index contributed by atoms with van der Waals surface area (Å²) in [7, 11) is 0. The number of carbonyl (C=O) groups is 1. The summed E-state index contributed by atoms with van der Waals surface area (Å²) in [6.45, 7) is 5.94. The fraction of sp³-hybridized carbons (Fsp3) is 0.929. The number of nitrogens with two attached hydrogens (primary N) is 1. The third-order valence-corrected chi connectivity index (χ3v) is 3.89. The van der Waals surface area contributed by atoms with Crippen LogP contribution in [0, 0.1) is 5.92 Å². The third kappa shape index (κ3) is 5.07. The molecule has 3 heteroatoms. The number of carbonyl (C=O) groups excluding carboxylic acids is 1. The molecular weight excluding hydrogens is 212 g/mol. The van der Waals surface area contributed by atoms with Gasteiger partial charge < -0.3 is 10.6 Å². The monoisotopic (exact) mass is 240 g/mol. The lowest BCUT2D eigenvalue weighted by Gasteiger charge is -2.27. The van der Waals surface area contributed by atoms with Crippen LogP contribution in [0.4, 0.5) is 0 Å². The Kier molecular flexibility index (Phi) is 6.56. The van der Waals surface area contributed by atoms with Crippen LogP contribution in [0.3, 0.4) is 0 Å². The molecule has 17 heavy (non-hydrogen) atoms. The van der Waals surface area contributed by atoms with Crippen molar-refractivity contribution in [3.8, 4) is 0 Å². The molecule has 0 spiro atoms. The van der Waals surface area contributed by atoms with E-state index in [1.165, 1.54) is 12.8 Å². The first kappa shape index (κ1) is 14.5. The highest BCUT2D eigenvalue weighted by atomic mass is 16.2. The predicted molar refractivity (Wildman–Crippen MR) is 71.7 cm³/mol. The minimum atomic E-state index is 0.337. The van der Waals surface area contributed by atoms with E-state index in [1.54, 1.807) is 0 Å². The van der Waals surface area contributed by atoms with Gasteiger partial charge in [0, 0.05) is 25.6 Å². The van der Waals surface area contributed by atoms with Crippen molar-refractivity contribution in [1.82, 2.24) is 4.90 Å². The molecule has 0 aromatic heterocycles. The van der Waals surface area contributed by atoms with Crippen molar-refractivity contribution < 1.29 is 4.79 Å². The second-order valence-corrected chi connectivity index (χ2v) is 5.29. The van der Waals surface area contributed by atoms with Gasteiger partial charge in [-0.2, -0.15) is 0 Å². The molecule has 0 aromatic carbocycles. The molecule has 1 aliphatic rings. The summed E-state index contributed by atoms with van der Waals surface area (Å²) in [6.07, 6.45) is 7.57. The molecule has 3 nitrogen and oxygen atoms in total. The van der Waals surface area contributed by atoms with E-state index in [1.807, 2.05) is 4.90 Å². The zero-order valence-corrected chi connectivity index (χ0v) is 11.5. The Morgan fingerprint density at radius 3 is 2.41 bits per heavy atom. The highest BCUT2D eigenvalue weighted by molar-refractivity contribution is 5.76. The van der Waals surface area contributed by atoms with Gasteiger partial charge in [-0.3, -0.25) is 4.79 Å². The first-order valence-corrected chi connectivity index (χ1v) is 7.20. The summed E-state index contributed by atoms with van der Waals surface area (Å²) in [5.74, 6) is 1.07. The molecule has 1 fully saturated rings. The van der Waals surface area contributed by atoms with E-state index >= 15 is 0 Å². The third-order valence-electron chi connectivity index (χ3n) is 3.89. The van der Waals surface area contributed by atoms with Crippen LogP contribution < -0.4 is 5.73 Å². The summed E-state index contributed by atoms with van der Waals surface area (Å²) in [6, 6.07) is 0.411. The molecule has 1 rings (SSSR count). The van der Waals surface area contributed by atoms with E-state index < -0.39 is 0 Å². The number of hydrogen-bond donors (Lipinski definition) is 1. The van der Waals surface area contributed by atoms with Gasteiger partial charge in [-0.15, -0.1) is 0 Å². The van der Waals surface area contributed by atoms with Crippen LogP contribution in [0.25, 0.3) is 0 Å². The van der Waals surface area contributed by atoms with E-state index in [0.29, 0.717) is 11.9 Å². The Labute approximate surface area is 106 Å². The maximum Gasteiger partial charge on any atom is 0.222 e. The van der Waals surface area contributed by atoms with Gasteiger partial charge >= 0.3 is 0 Å². The molecular formula is C14H28N2O. The Balaban J connectivity index is 2.22. The van der Waals surface area contributed by atoms with Gasteiger partial charge in [0.2, 0.25) is 5.91 Å². The lowest BCUT2D eigenvalue weighted by molar-refractivity contribution is -0.131. The highest BCUT2D eigenvalue weighted by Gasteiger charge is 2.20. The summed E-state index contributed by atoms with van der Waals surface area (Å²) >= 11 is 0. The minimum Gasteiger partial charge on any atom is -0.343 e. The topological polar surface area (TPSA) is 46.3 Å². The molecule has 1 aliphatic carbocycles. The molecule has 0 aliphatic heterocycles. The van der Waals surface area contributed by atoms with Crippen molar-refractivity contribution in [3.63, 3.8) is 0 Å². The van der Waals surface area contributed by atoms with E-state index in [4.69, 9.17) is 5.73 Å².